The van der Waals surface area contributed by atoms with Gasteiger partial charge in [-0.2, -0.15) is 0 Å². The van der Waals surface area contributed by atoms with Crippen LogP contribution in [0.1, 0.15) is 67.5 Å². The first-order chi connectivity index (χ1) is 23.7. The van der Waals surface area contributed by atoms with Gasteiger partial charge in [0.1, 0.15) is 41.0 Å². The fourth-order valence-corrected chi connectivity index (χ4v) is 7.48. The normalized spacial score (nSPS) is 24.1. The molecule has 2 aliphatic heterocycles. The zero-order valence-electron chi connectivity index (χ0n) is 29.6. The van der Waals surface area contributed by atoms with Gasteiger partial charge in [0, 0.05) is 24.3 Å². The Labute approximate surface area is 293 Å². The Morgan fingerprint density at radius 2 is 1.74 bits per heavy atom. The highest BCUT2D eigenvalue weighted by atomic mass is 28.4. The number of aryl methyl sites for hydroxylation is 2. The first kappa shape index (κ1) is 35.8. The number of esters is 1. The van der Waals surface area contributed by atoms with Crippen LogP contribution in [-0.2, 0) is 34.6 Å². The average molecular weight is 703 g/mol. The summed E-state index contributed by atoms with van der Waals surface area (Å²) in [6.45, 7) is 13.9. The van der Waals surface area contributed by atoms with Gasteiger partial charge in [-0.3, -0.25) is 9.59 Å². The van der Waals surface area contributed by atoms with E-state index in [1.54, 1.807) is 19.3 Å². The van der Waals surface area contributed by atoms with Gasteiger partial charge < -0.3 is 37.6 Å². The van der Waals surface area contributed by atoms with Crippen molar-refractivity contribution < 1.29 is 47.2 Å². The highest BCUT2D eigenvalue weighted by molar-refractivity contribution is 6.74. The molecule has 50 heavy (non-hydrogen) atoms. The van der Waals surface area contributed by atoms with Crippen LogP contribution < -0.4 is 4.74 Å². The molecule has 2 fully saturated rings. The molecule has 0 spiro atoms. The molecule has 6 rings (SSSR count). The lowest BCUT2D eigenvalue weighted by atomic mass is 9.97. The van der Waals surface area contributed by atoms with Crippen molar-refractivity contribution in [1.82, 2.24) is 0 Å². The molecule has 10 nitrogen and oxygen atoms in total. The molecule has 3 heterocycles. The van der Waals surface area contributed by atoms with Crippen LogP contribution in [0.4, 0.5) is 0 Å². The molecule has 1 N–H and O–H groups in total. The van der Waals surface area contributed by atoms with E-state index in [0.29, 0.717) is 12.0 Å². The molecule has 266 valence electrons. The molecule has 6 atom stereocenters. The highest BCUT2D eigenvalue weighted by Gasteiger charge is 2.56. The molecule has 0 saturated carbocycles. The van der Waals surface area contributed by atoms with Crippen LogP contribution in [0.3, 0.4) is 0 Å². The number of carbonyl (C=O) groups excluding carboxylic acids is 2. The highest BCUT2D eigenvalue weighted by Crippen LogP contribution is 2.43. The molecule has 0 radical (unpaired) electrons. The van der Waals surface area contributed by atoms with Crippen LogP contribution in [-0.4, -0.2) is 62.5 Å². The number of rotatable bonds is 10. The van der Waals surface area contributed by atoms with E-state index in [2.05, 4.69) is 33.9 Å². The second-order valence-electron chi connectivity index (χ2n) is 14.6. The molecule has 2 saturated heterocycles. The summed E-state index contributed by atoms with van der Waals surface area (Å²) in [4.78, 5) is 26.5. The Bertz CT molecular complexity index is 1830. The summed E-state index contributed by atoms with van der Waals surface area (Å²) in [5, 5.41) is 11.9. The fourth-order valence-electron chi connectivity index (χ4n) is 6.18. The van der Waals surface area contributed by atoms with Crippen LogP contribution in [0.15, 0.2) is 77.4 Å². The van der Waals surface area contributed by atoms with Gasteiger partial charge in [0.15, 0.2) is 26.5 Å². The third-order valence-electron chi connectivity index (χ3n) is 9.80. The van der Waals surface area contributed by atoms with Crippen molar-refractivity contribution >= 4 is 31.0 Å². The van der Waals surface area contributed by atoms with Gasteiger partial charge in [0.2, 0.25) is 6.29 Å². The number of benzene rings is 3. The predicted octanol–water partition coefficient (Wildman–Crippen LogP) is 7.80. The SMILES string of the molecule is CC(=O)O[C@H]1[C@H](Oc2cc(C)cc(O)c2C(=O)CCc2ccc3occc3c2)O[C@@H]2COC(c3ccccc3)O[C@H]2[C@@H]1O[Si](C)(C)C(C)(C)C. The number of carbonyl (C=O) groups is 2. The monoisotopic (exact) mass is 702 g/mol. The number of phenols is 1. The molecular weight excluding hydrogens is 657 g/mol. The lowest BCUT2D eigenvalue weighted by Crippen LogP contribution is -2.66. The summed E-state index contributed by atoms with van der Waals surface area (Å²) in [5.41, 5.74) is 3.25. The number of phenolic OH excluding ortho intramolecular Hbond substituents is 1. The maximum Gasteiger partial charge on any atom is 0.303 e. The number of aromatic hydroxyl groups is 1. The second kappa shape index (κ2) is 14.3. The standard InChI is InChI=1S/C39H46O10Si/c1-23-19-29(42)33(28(41)15-13-25-14-16-30-27(21-25)17-18-43-30)31(20-23)46-38-36(45-24(2)40)35(49-50(6,7)39(3,4)5)34-32(47-38)22-44-37(48-34)26-11-9-8-10-12-26/h8-12,14,16-21,32,34-38,42H,13,15,22H2,1-7H3/t32-,34-,35+,36-,37?,38-/m1/s1. The summed E-state index contributed by atoms with van der Waals surface area (Å²) in [5.74, 6) is -0.966. The maximum atomic E-state index is 13.8. The Morgan fingerprint density at radius 1 is 0.980 bits per heavy atom. The van der Waals surface area contributed by atoms with Gasteiger partial charge in [-0.15, -0.1) is 0 Å². The zero-order valence-corrected chi connectivity index (χ0v) is 30.6. The van der Waals surface area contributed by atoms with Crippen LogP contribution in [0.2, 0.25) is 18.1 Å². The molecule has 1 unspecified atom stereocenters. The molecule has 2 aliphatic rings. The van der Waals surface area contributed by atoms with Crippen LogP contribution in [0.5, 0.6) is 11.5 Å². The van der Waals surface area contributed by atoms with Crippen molar-refractivity contribution in [2.24, 2.45) is 0 Å². The van der Waals surface area contributed by atoms with Gasteiger partial charge in [-0.25, -0.2) is 0 Å². The van der Waals surface area contributed by atoms with Gasteiger partial charge in [0.05, 0.1) is 12.9 Å². The molecule has 3 aromatic carbocycles. The van der Waals surface area contributed by atoms with Crippen molar-refractivity contribution in [2.75, 3.05) is 6.61 Å². The number of hydrogen-bond donors (Lipinski definition) is 1. The topological polar surface area (TPSA) is 123 Å². The quantitative estimate of drug-likeness (QED) is 0.0995. The van der Waals surface area contributed by atoms with E-state index < -0.39 is 51.3 Å². The summed E-state index contributed by atoms with van der Waals surface area (Å²) in [7, 11) is -2.51. The van der Waals surface area contributed by atoms with E-state index in [1.165, 1.54) is 13.0 Å². The van der Waals surface area contributed by atoms with E-state index in [9.17, 15) is 14.7 Å². The summed E-state index contributed by atoms with van der Waals surface area (Å²) >= 11 is 0. The molecule has 0 aliphatic carbocycles. The lowest BCUT2D eigenvalue weighted by Gasteiger charge is -2.51. The molecule has 0 amide bonds. The van der Waals surface area contributed by atoms with E-state index in [0.717, 1.165) is 22.1 Å². The van der Waals surface area contributed by atoms with Crippen molar-refractivity contribution in [3.05, 3.63) is 95.2 Å². The Morgan fingerprint density at radius 3 is 2.46 bits per heavy atom. The first-order valence-corrected chi connectivity index (χ1v) is 19.9. The van der Waals surface area contributed by atoms with Crippen LogP contribution in [0.25, 0.3) is 11.0 Å². The summed E-state index contributed by atoms with van der Waals surface area (Å²) < 4.78 is 44.1. The van der Waals surface area contributed by atoms with Gasteiger partial charge in [0.25, 0.3) is 0 Å². The van der Waals surface area contributed by atoms with Crippen molar-refractivity contribution in [2.45, 2.75) is 103 Å². The predicted molar refractivity (Wildman–Crippen MR) is 189 cm³/mol. The average Bonchev–Trinajstić information content (AvgIpc) is 3.52. The number of furan rings is 1. The number of ketones is 1. The molecule has 0 bridgehead atoms. The minimum Gasteiger partial charge on any atom is -0.507 e. The number of hydrogen-bond acceptors (Lipinski definition) is 10. The van der Waals surface area contributed by atoms with Crippen molar-refractivity contribution in [1.29, 1.82) is 0 Å². The maximum absolute atomic E-state index is 13.8. The summed E-state index contributed by atoms with van der Waals surface area (Å²) in [6, 6.07) is 20.4. The van der Waals surface area contributed by atoms with Gasteiger partial charge >= 0.3 is 5.97 Å². The van der Waals surface area contributed by atoms with Crippen molar-refractivity contribution in [3.8, 4) is 11.5 Å². The number of fused-ring (bicyclic) bond motifs is 2. The van der Waals surface area contributed by atoms with E-state index in [1.807, 2.05) is 54.6 Å². The molecule has 11 heteroatoms. The largest absolute Gasteiger partial charge is 0.507 e. The molecule has 4 aromatic rings. The summed E-state index contributed by atoms with van der Waals surface area (Å²) in [6.07, 6.45) is -2.93. The smallest absolute Gasteiger partial charge is 0.303 e. The van der Waals surface area contributed by atoms with E-state index in [-0.39, 0.29) is 40.9 Å². The Balaban J connectivity index is 1.32. The third kappa shape index (κ3) is 7.67. The third-order valence-corrected chi connectivity index (χ3v) is 14.3. The minimum atomic E-state index is -2.51. The second-order valence-corrected chi connectivity index (χ2v) is 19.4. The van der Waals surface area contributed by atoms with Crippen molar-refractivity contribution in [3.63, 3.8) is 0 Å². The molecule has 1 aromatic heterocycles. The van der Waals surface area contributed by atoms with Gasteiger partial charge in [-0.05, 0) is 72.9 Å². The molecular formula is C39H46O10Si. The minimum absolute atomic E-state index is 0.0226. The van der Waals surface area contributed by atoms with Gasteiger partial charge in [-0.1, -0.05) is 57.2 Å². The van der Waals surface area contributed by atoms with Crippen LogP contribution >= 0.6 is 0 Å². The van der Waals surface area contributed by atoms with E-state index >= 15 is 0 Å². The van der Waals surface area contributed by atoms with E-state index in [4.69, 9.17) is 32.5 Å². The number of ether oxygens (including phenoxy) is 5. The zero-order chi connectivity index (χ0) is 35.8. The first-order valence-electron chi connectivity index (χ1n) is 17.0. The Kier molecular flexibility index (Phi) is 10.3. The number of Topliss-reactive ketones (excluding diaryl/α,β-unsaturated/α-hetero) is 1. The lowest BCUT2D eigenvalue weighted by molar-refractivity contribution is -0.348. The Hall–Kier alpha value is -4.00. The van der Waals surface area contributed by atoms with Crippen LogP contribution in [0, 0.1) is 6.92 Å². The fraction of sp³-hybridized carbons (Fsp3) is 0.436.